The van der Waals surface area contributed by atoms with Crippen molar-refractivity contribution < 1.29 is 14.4 Å². The fourth-order valence-corrected chi connectivity index (χ4v) is 3.70. The van der Waals surface area contributed by atoms with Crippen LogP contribution in [0.5, 0.6) is 0 Å². The number of likely N-dealkylation sites (tertiary alicyclic amines) is 1. The molecule has 0 aromatic carbocycles. The Morgan fingerprint density at radius 2 is 1.96 bits per heavy atom. The van der Waals surface area contributed by atoms with Gasteiger partial charge in [0.25, 0.3) is 0 Å². The molecule has 1 heterocycles. The minimum absolute atomic E-state index is 0.159. The SMILES string of the molecule is CC(C)CONC1CCCC1C1CCCN1C(=O)OC(C)(C)C. The Morgan fingerprint density at radius 1 is 1.22 bits per heavy atom. The minimum Gasteiger partial charge on any atom is -0.444 e. The van der Waals surface area contributed by atoms with Crippen molar-refractivity contribution in [2.24, 2.45) is 11.8 Å². The lowest BCUT2D eigenvalue weighted by molar-refractivity contribution is -0.0198. The number of carbonyl (C=O) groups excluding carboxylic acids is 1. The number of nitrogens with one attached hydrogen (secondary N) is 1. The number of amides is 1. The summed E-state index contributed by atoms with van der Waals surface area (Å²) in [6, 6.07) is 0.634. The van der Waals surface area contributed by atoms with Crippen LogP contribution in [0.1, 0.15) is 66.7 Å². The van der Waals surface area contributed by atoms with Gasteiger partial charge in [0.15, 0.2) is 0 Å². The maximum absolute atomic E-state index is 12.5. The van der Waals surface area contributed by atoms with Gasteiger partial charge in [0.1, 0.15) is 5.60 Å². The van der Waals surface area contributed by atoms with Crippen molar-refractivity contribution in [2.45, 2.75) is 84.4 Å². The highest BCUT2D eigenvalue weighted by atomic mass is 16.6. The molecule has 1 aliphatic carbocycles. The van der Waals surface area contributed by atoms with Crippen LogP contribution in [0.3, 0.4) is 0 Å². The molecule has 3 atom stereocenters. The van der Waals surface area contributed by atoms with Crippen LogP contribution in [0.25, 0.3) is 0 Å². The maximum Gasteiger partial charge on any atom is 0.410 e. The zero-order chi connectivity index (χ0) is 17.0. The van der Waals surface area contributed by atoms with Crippen LogP contribution < -0.4 is 5.48 Å². The number of hydrogen-bond acceptors (Lipinski definition) is 4. The molecule has 0 bridgehead atoms. The first-order valence-corrected chi connectivity index (χ1v) is 9.15. The van der Waals surface area contributed by atoms with Crippen molar-refractivity contribution in [2.75, 3.05) is 13.2 Å². The first-order chi connectivity index (χ1) is 10.8. The molecule has 0 aromatic heterocycles. The summed E-state index contributed by atoms with van der Waals surface area (Å²) in [4.78, 5) is 20.1. The summed E-state index contributed by atoms with van der Waals surface area (Å²) in [7, 11) is 0. The largest absolute Gasteiger partial charge is 0.444 e. The Kier molecular flexibility index (Phi) is 6.32. The maximum atomic E-state index is 12.5. The fourth-order valence-electron chi connectivity index (χ4n) is 3.70. The first-order valence-electron chi connectivity index (χ1n) is 9.15. The number of nitrogens with zero attached hydrogens (tertiary/aromatic N) is 1. The molecule has 0 aromatic rings. The lowest BCUT2D eigenvalue weighted by atomic mass is 9.93. The van der Waals surface area contributed by atoms with Gasteiger partial charge >= 0.3 is 6.09 Å². The van der Waals surface area contributed by atoms with Crippen molar-refractivity contribution in [3.05, 3.63) is 0 Å². The molecule has 0 spiro atoms. The van der Waals surface area contributed by atoms with Crippen molar-refractivity contribution in [1.82, 2.24) is 10.4 Å². The highest BCUT2D eigenvalue weighted by Crippen LogP contribution is 2.36. The summed E-state index contributed by atoms with van der Waals surface area (Å²) in [5.41, 5.74) is 2.84. The Hall–Kier alpha value is -0.810. The summed E-state index contributed by atoms with van der Waals surface area (Å²) in [5.74, 6) is 0.990. The molecule has 3 unspecified atom stereocenters. The normalized spacial score (nSPS) is 28.6. The molecule has 1 saturated heterocycles. The fraction of sp³-hybridized carbons (Fsp3) is 0.944. The Morgan fingerprint density at radius 3 is 2.61 bits per heavy atom. The number of ether oxygens (including phenoxy) is 1. The van der Waals surface area contributed by atoms with E-state index in [4.69, 9.17) is 9.57 Å². The van der Waals surface area contributed by atoms with Crippen molar-refractivity contribution in [1.29, 1.82) is 0 Å². The van der Waals surface area contributed by atoms with E-state index < -0.39 is 5.60 Å². The quantitative estimate of drug-likeness (QED) is 0.782. The van der Waals surface area contributed by atoms with Crippen LogP contribution in [0.4, 0.5) is 4.79 Å². The second kappa shape index (κ2) is 7.84. The van der Waals surface area contributed by atoms with Gasteiger partial charge in [0.05, 0.1) is 6.61 Å². The third kappa shape index (κ3) is 5.35. The predicted molar refractivity (Wildman–Crippen MR) is 91.0 cm³/mol. The second-order valence-corrected chi connectivity index (χ2v) is 8.41. The zero-order valence-corrected chi connectivity index (χ0v) is 15.4. The number of carbonyl (C=O) groups is 1. The molecule has 2 rings (SSSR count). The van der Waals surface area contributed by atoms with E-state index in [-0.39, 0.29) is 12.1 Å². The van der Waals surface area contributed by atoms with Gasteiger partial charge in [0, 0.05) is 18.6 Å². The van der Waals surface area contributed by atoms with Crippen molar-refractivity contribution >= 4 is 6.09 Å². The molecule has 5 nitrogen and oxygen atoms in total. The van der Waals surface area contributed by atoms with Gasteiger partial charge in [-0.1, -0.05) is 20.3 Å². The predicted octanol–water partition coefficient (Wildman–Crippen LogP) is 3.73. The van der Waals surface area contributed by atoms with E-state index in [2.05, 4.69) is 19.3 Å². The molecule has 1 aliphatic heterocycles. The van der Waals surface area contributed by atoms with E-state index in [0.717, 1.165) is 38.8 Å². The molecule has 5 heteroatoms. The zero-order valence-electron chi connectivity index (χ0n) is 15.4. The summed E-state index contributed by atoms with van der Waals surface area (Å²) in [5, 5.41) is 0. The summed E-state index contributed by atoms with van der Waals surface area (Å²) in [6.45, 7) is 11.6. The monoisotopic (exact) mass is 326 g/mol. The van der Waals surface area contributed by atoms with Gasteiger partial charge in [-0.3, -0.25) is 0 Å². The average Bonchev–Trinajstić information content (AvgIpc) is 3.03. The van der Waals surface area contributed by atoms with Crippen molar-refractivity contribution in [3.63, 3.8) is 0 Å². The average molecular weight is 326 g/mol. The third-order valence-corrected chi connectivity index (χ3v) is 4.64. The van der Waals surface area contributed by atoms with E-state index in [0.29, 0.717) is 17.9 Å². The summed E-state index contributed by atoms with van der Waals surface area (Å²) in [6.07, 6.45) is 5.47. The van der Waals surface area contributed by atoms with Gasteiger partial charge in [0.2, 0.25) is 0 Å². The first kappa shape index (κ1) is 18.5. The lowest BCUT2D eigenvalue weighted by Gasteiger charge is -2.34. The molecule has 2 fully saturated rings. The van der Waals surface area contributed by atoms with E-state index in [1.54, 1.807) is 0 Å². The molecule has 134 valence electrons. The topological polar surface area (TPSA) is 50.8 Å². The molecule has 23 heavy (non-hydrogen) atoms. The molecular weight excluding hydrogens is 292 g/mol. The Bertz CT molecular complexity index is 392. The Balaban J connectivity index is 1.93. The Labute approximate surface area is 141 Å². The highest BCUT2D eigenvalue weighted by molar-refractivity contribution is 5.69. The third-order valence-electron chi connectivity index (χ3n) is 4.64. The summed E-state index contributed by atoms with van der Waals surface area (Å²) >= 11 is 0. The molecule has 1 N–H and O–H groups in total. The molecule has 0 radical (unpaired) electrons. The van der Waals surface area contributed by atoms with Gasteiger partial charge in [-0.15, -0.1) is 0 Å². The lowest BCUT2D eigenvalue weighted by Crippen LogP contribution is -2.47. The number of hydrogen-bond donors (Lipinski definition) is 1. The van der Waals surface area contributed by atoms with Gasteiger partial charge < -0.3 is 14.5 Å². The molecular formula is C18H34N2O3. The molecule has 1 amide bonds. The van der Waals surface area contributed by atoms with Crippen LogP contribution in [-0.4, -0.2) is 41.8 Å². The summed E-state index contributed by atoms with van der Waals surface area (Å²) < 4.78 is 5.59. The molecule has 2 aliphatic rings. The van der Waals surface area contributed by atoms with Crippen LogP contribution in [-0.2, 0) is 9.57 Å². The second-order valence-electron chi connectivity index (χ2n) is 8.41. The number of hydroxylamine groups is 1. The van der Waals surface area contributed by atoms with E-state index in [1.165, 1.54) is 6.42 Å². The van der Waals surface area contributed by atoms with Crippen LogP contribution in [0.2, 0.25) is 0 Å². The van der Waals surface area contributed by atoms with Gasteiger partial charge in [-0.2, -0.15) is 5.48 Å². The van der Waals surface area contributed by atoms with E-state index >= 15 is 0 Å². The van der Waals surface area contributed by atoms with Gasteiger partial charge in [-0.05, 0) is 58.3 Å². The van der Waals surface area contributed by atoms with Crippen LogP contribution >= 0.6 is 0 Å². The smallest absolute Gasteiger partial charge is 0.410 e. The minimum atomic E-state index is -0.433. The van der Waals surface area contributed by atoms with E-state index in [9.17, 15) is 4.79 Å². The van der Waals surface area contributed by atoms with Crippen molar-refractivity contribution in [3.8, 4) is 0 Å². The standard InChI is InChI=1S/C18H34N2O3/c1-13(2)12-22-19-15-9-6-8-14(15)16-10-7-11-20(16)17(21)23-18(3,4)5/h13-16,19H,6-12H2,1-5H3. The molecule has 1 saturated carbocycles. The van der Waals surface area contributed by atoms with E-state index in [1.807, 2.05) is 25.7 Å². The van der Waals surface area contributed by atoms with Gasteiger partial charge in [-0.25, -0.2) is 4.79 Å². The highest BCUT2D eigenvalue weighted by Gasteiger charge is 2.42. The van der Waals surface area contributed by atoms with Crippen LogP contribution in [0, 0.1) is 11.8 Å². The number of rotatable bonds is 5. The van der Waals surface area contributed by atoms with Crippen LogP contribution in [0.15, 0.2) is 0 Å².